The van der Waals surface area contributed by atoms with Gasteiger partial charge in [0, 0.05) is 31.5 Å². The minimum absolute atomic E-state index is 0.00711. The van der Waals surface area contributed by atoms with Crippen LogP contribution in [0.5, 0.6) is 0 Å². The van der Waals surface area contributed by atoms with Crippen LogP contribution in [0.1, 0.15) is 64.2 Å². The SMILES string of the molecule is CN1CCN(C(=O)C2C(C)(C)C2(C)C)CC1c1nc(C2CC2)no1. The number of hydrogen-bond acceptors (Lipinski definition) is 5. The van der Waals surface area contributed by atoms with Crippen molar-refractivity contribution in [1.82, 2.24) is 19.9 Å². The van der Waals surface area contributed by atoms with Crippen molar-refractivity contribution in [3.63, 3.8) is 0 Å². The molecule has 3 fully saturated rings. The predicted octanol–water partition coefficient (Wildman–Crippen LogP) is 2.44. The van der Waals surface area contributed by atoms with E-state index in [0.717, 1.165) is 31.8 Å². The third-order valence-electron chi connectivity index (χ3n) is 6.91. The quantitative estimate of drug-likeness (QED) is 0.851. The molecule has 2 aliphatic carbocycles. The van der Waals surface area contributed by atoms with Gasteiger partial charge in [-0.2, -0.15) is 4.98 Å². The standard InChI is InChI=1S/C18H28N4O2/c1-17(2)13(18(17,3)4)16(23)22-9-8-21(5)12(10-22)15-19-14(20-24-15)11-6-7-11/h11-13H,6-10H2,1-5H3. The molecule has 1 aromatic rings. The van der Waals surface area contributed by atoms with Crippen LogP contribution in [0.3, 0.4) is 0 Å². The van der Waals surface area contributed by atoms with E-state index in [1.54, 1.807) is 0 Å². The predicted molar refractivity (Wildman–Crippen MR) is 89.3 cm³/mol. The Morgan fingerprint density at radius 2 is 1.83 bits per heavy atom. The molecule has 24 heavy (non-hydrogen) atoms. The fourth-order valence-corrected chi connectivity index (χ4v) is 4.23. The van der Waals surface area contributed by atoms with Crippen LogP contribution in [-0.2, 0) is 4.79 Å². The van der Waals surface area contributed by atoms with Gasteiger partial charge in [0.2, 0.25) is 11.8 Å². The first-order valence-electron chi connectivity index (χ1n) is 9.06. The number of carbonyl (C=O) groups is 1. The first-order valence-corrected chi connectivity index (χ1v) is 9.06. The number of piperazine rings is 1. The van der Waals surface area contributed by atoms with Gasteiger partial charge in [0.15, 0.2) is 5.82 Å². The zero-order valence-corrected chi connectivity index (χ0v) is 15.4. The molecule has 0 spiro atoms. The summed E-state index contributed by atoms with van der Waals surface area (Å²) >= 11 is 0. The molecule has 132 valence electrons. The fraction of sp³-hybridized carbons (Fsp3) is 0.833. The first kappa shape index (κ1) is 16.1. The summed E-state index contributed by atoms with van der Waals surface area (Å²) in [5.74, 6) is 2.38. The molecule has 0 N–H and O–H groups in total. The Labute approximate surface area is 143 Å². The second kappa shape index (κ2) is 5.04. The summed E-state index contributed by atoms with van der Waals surface area (Å²) in [7, 11) is 2.07. The van der Waals surface area contributed by atoms with Crippen molar-refractivity contribution in [2.45, 2.75) is 52.5 Å². The van der Waals surface area contributed by atoms with Gasteiger partial charge in [-0.05, 0) is 30.7 Å². The van der Waals surface area contributed by atoms with Gasteiger partial charge < -0.3 is 9.42 Å². The molecule has 0 bridgehead atoms. The van der Waals surface area contributed by atoms with Crippen LogP contribution in [0.25, 0.3) is 0 Å². The molecule has 1 aliphatic heterocycles. The second-order valence-corrected chi connectivity index (χ2v) is 8.92. The summed E-state index contributed by atoms with van der Waals surface area (Å²) in [5, 5.41) is 4.14. The number of rotatable bonds is 3. The van der Waals surface area contributed by atoms with E-state index in [1.165, 1.54) is 0 Å². The molecular formula is C18H28N4O2. The molecule has 0 aromatic carbocycles. The van der Waals surface area contributed by atoms with E-state index in [1.807, 2.05) is 4.90 Å². The molecule has 1 unspecified atom stereocenters. The molecule has 0 radical (unpaired) electrons. The summed E-state index contributed by atoms with van der Waals surface area (Å²) in [6.45, 7) is 11.0. The largest absolute Gasteiger partial charge is 0.339 e. The summed E-state index contributed by atoms with van der Waals surface area (Å²) in [6.07, 6.45) is 2.33. The van der Waals surface area contributed by atoms with E-state index in [-0.39, 0.29) is 28.7 Å². The van der Waals surface area contributed by atoms with Crippen molar-refractivity contribution >= 4 is 5.91 Å². The van der Waals surface area contributed by atoms with Gasteiger partial charge in [-0.1, -0.05) is 32.9 Å². The molecular weight excluding hydrogens is 304 g/mol. The van der Waals surface area contributed by atoms with E-state index in [2.05, 4.69) is 49.8 Å². The average molecular weight is 332 g/mol. The van der Waals surface area contributed by atoms with Crippen LogP contribution in [-0.4, -0.2) is 52.5 Å². The number of carbonyl (C=O) groups excluding carboxylic acids is 1. The number of amides is 1. The van der Waals surface area contributed by atoms with Crippen molar-refractivity contribution < 1.29 is 9.32 Å². The minimum Gasteiger partial charge on any atom is -0.339 e. The molecule has 6 nitrogen and oxygen atoms in total. The Morgan fingerprint density at radius 3 is 2.42 bits per heavy atom. The summed E-state index contributed by atoms with van der Waals surface area (Å²) in [4.78, 5) is 21.9. The molecule has 4 rings (SSSR count). The Hall–Kier alpha value is -1.43. The van der Waals surface area contributed by atoms with Gasteiger partial charge in [0.05, 0.1) is 0 Å². The van der Waals surface area contributed by atoms with Crippen LogP contribution < -0.4 is 0 Å². The summed E-state index contributed by atoms with van der Waals surface area (Å²) < 4.78 is 5.52. The van der Waals surface area contributed by atoms with Crippen LogP contribution in [0.4, 0.5) is 0 Å². The van der Waals surface area contributed by atoms with Gasteiger partial charge in [-0.3, -0.25) is 9.69 Å². The fourth-order valence-electron chi connectivity index (χ4n) is 4.23. The maximum atomic E-state index is 13.0. The number of aromatic nitrogens is 2. The van der Waals surface area contributed by atoms with Crippen molar-refractivity contribution in [3.8, 4) is 0 Å². The summed E-state index contributed by atoms with van der Waals surface area (Å²) in [6, 6.07) is 0.00711. The lowest BCUT2D eigenvalue weighted by Gasteiger charge is -2.38. The molecule has 1 atom stereocenters. The van der Waals surface area contributed by atoms with Crippen molar-refractivity contribution in [3.05, 3.63) is 11.7 Å². The van der Waals surface area contributed by atoms with E-state index in [0.29, 0.717) is 18.4 Å². The Balaban J connectivity index is 1.49. The lowest BCUT2D eigenvalue weighted by Crippen LogP contribution is -2.50. The van der Waals surface area contributed by atoms with E-state index in [4.69, 9.17) is 4.52 Å². The second-order valence-electron chi connectivity index (χ2n) is 8.92. The van der Waals surface area contributed by atoms with Gasteiger partial charge in [-0.15, -0.1) is 0 Å². The number of nitrogens with zero attached hydrogens (tertiary/aromatic N) is 4. The van der Waals surface area contributed by atoms with E-state index < -0.39 is 0 Å². The van der Waals surface area contributed by atoms with E-state index in [9.17, 15) is 4.79 Å². The topological polar surface area (TPSA) is 62.5 Å². The van der Waals surface area contributed by atoms with Gasteiger partial charge in [0.1, 0.15) is 6.04 Å². The minimum atomic E-state index is 0.00711. The molecule has 2 saturated carbocycles. The Bertz CT molecular complexity index is 648. The molecule has 2 heterocycles. The average Bonchev–Trinajstić information content (AvgIpc) is 3.34. The van der Waals surface area contributed by atoms with Crippen molar-refractivity contribution in [2.75, 3.05) is 26.7 Å². The lowest BCUT2D eigenvalue weighted by molar-refractivity contribution is -0.137. The van der Waals surface area contributed by atoms with Gasteiger partial charge >= 0.3 is 0 Å². The normalized spacial score (nSPS) is 29.7. The smallest absolute Gasteiger partial charge is 0.245 e. The zero-order chi connectivity index (χ0) is 17.3. The molecule has 6 heteroatoms. The van der Waals surface area contributed by atoms with Crippen LogP contribution in [0, 0.1) is 16.7 Å². The van der Waals surface area contributed by atoms with Crippen LogP contribution >= 0.6 is 0 Å². The van der Waals surface area contributed by atoms with Crippen LogP contribution in [0.15, 0.2) is 4.52 Å². The lowest BCUT2D eigenvalue weighted by atomic mass is 10.0. The zero-order valence-electron chi connectivity index (χ0n) is 15.4. The number of hydrogen-bond donors (Lipinski definition) is 0. The first-order chi connectivity index (χ1) is 11.2. The highest BCUT2D eigenvalue weighted by molar-refractivity contribution is 5.84. The Morgan fingerprint density at radius 1 is 1.17 bits per heavy atom. The highest BCUT2D eigenvalue weighted by atomic mass is 16.5. The maximum absolute atomic E-state index is 13.0. The van der Waals surface area contributed by atoms with Crippen molar-refractivity contribution in [1.29, 1.82) is 0 Å². The monoisotopic (exact) mass is 332 g/mol. The van der Waals surface area contributed by atoms with Crippen molar-refractivity contribution in [2.24, 2.45) is 16.7 Å². The number of likely N-dealkylation sites (N-methyl/N-ethyl adjacent to an activating group) is 1. The third-order valence-corrected chi connectivity index (χ3v) is 6.91. The van der Waals surface area contributed by atoms with E-state index >= 15 is 0 Å². The molecule has 3 aliphatic rings. The van der Waals surface area contributed by atoms with Crippen LogP contribution in [0.2, 0.25) is 0 Å². The Kier molecular flexibility index (Phi) is 3.37. The summed E-state index contributed by atoms with van der Waals surface area (Å²) in [5.41, 5.74) is 0.152. The maximum Gasteiger partial charge on any atom is 0.245 e. The third kappa shape index (κ3) is 2.30. The molecule has 1 aromatic heterocycles. The van der Waals surface area contributed by atoms with Gasteiger partial charge in [-0.25, -0.2) is 0 Å². The van der Waals surface area contributed by atoms with Gasteiger partial charge in [0.25, 0.3) is 0 Å². The molecule has 1 amide bonds. The highest BCUT2D eigenvalue weighted by Gasteiger charge is 2.69. The molecule has 1 saturated heterocycles. The highest BCUT2D eigenvalue weighted by Crippen LogP contribution is 2.68.